The first kappa shape index (κ1) is 19.3. The van der Waals surface area contributed by atoms with Gasteiger partial charge >= 0.3 is 0 Å². The van der Waals surface area contributed by atoms with Crippen LogP contribution in [0.1, 0.15) is 45.2 Å². The minimum absolute atomic E-state index is 0.0240. The van der Waals surface area contributed by atoms with E-state index in [1.807, 2.05) is 22.8 Å². The van der Waals surface area contributed by atoms with Gasteiger partial charge in [-0.05, 0) is 17.0 Å². The second-order valence-electron chi connectivity index (χ2n) is 7.57. The quantitative estimate of drug-likeness (QED) is 0.842. The molecule has 1 heterocycles. The number of rotatable bonds is 4. The van der Waals surface area contributed by atoms with E-state index in [9.17, 15) is 9.59 Å². The molecule has 138 valence electrons. The molecule has 2 rings (SSSR count). The molecule has 0 radical (unpaired) electrons. The Morgan fingerprint density at radius 3 is 2.08 bits per heavy atom. The van der Waals surface area contributed by atoms with Gasteiger partial charge in [-0.1, -0.05) is 39.8 Å². The highest BCUT2D eigenvalue weighted by Crippen LogP contribution is 2.28. The van der Waals surface area contributed by atoms with E-state index in [0.29, 0.717) is 39.0 Å². The van der Waals surface area contributed by atoms with Gasteiger partial charge in [0.2, 0.25) is 11.8 Å². The second kappa shape index (κ2) is 7.89. The van der Waals surface area contributed by atoms with Crippen LogP contribution in [0.15, 0.2) is 18.2 Å². The molecule has 1 aliphatic rings. The molecule has 1 aromatic rings. The number of ether oxygens (including phenoxy) is 1. The zero-order valence-corrected chi connectivity index (χ0v) is 16.1. The number of benzene rings is 1. The Kier molecular flexibility index (Phi) is 6.09. The van der Waals surface area contributed by atoms with Crippen LogP contribution in [0.4, 0.5) is 0 Å². The third-order valence-corrected chi connectivity index (χ3v) is 4.78. The van der Waals surface area contributed by atoms with Crippen molar-refractivity contribution in [2.75, 3.05) is 33.3 Å². The lowest BCUT2D eigenvalue weighted by atomic mass is 9.85. The summed E-state index contributed by atoms with van der Waals surface area (Å²) in [4.78, 5) is 28.2. The van der Waals surface area contributed by atoms with Crippen molar-refractivity contribution < 1.29 is 14.3 Å². The van der Waals surface area contributed by atoms with Crippen LogP contribution in [0.2, 0.25) is 0 Å². The third-order valence-electron chi connectivity index (χ3n) is 4.78. The number of hydrogen-bond acceptors (Lipinski definition) is 3. The standard InChI is InChI=1S/C20H30N2O3/c1-6-18(23)21-9-11-22(12-10-21)19(24)14-15-13-16(20(2,3)4)7-8-17(15)25-5/h7-8,13H,6,9-12,14H2,1-5H3. The van der Waals surface area contributed by atoms with Gasteiger partial charge in [-0.3, -0.25) is 9.59 Å². The first-order chi connectivity index (χ1) is 11.8. The molecule has 0 bridgehead atoms. The van der Waals surface area contributed by atoms with E-state index in [4.69, 9.17) is 4.74 Å². The molecule has 25 heavy (non-hydrogen) atoms. The number of methoxy groups -OCH3 is 1. The highest BCUT2D eigenvalue weighted by atomic mass is 16.5. The summed E-state index contributed by atoms with van der Waals surface area (Å²) in [6, 6.07) is 6.08. The monoisotopic (exact) mass is 346 g/mol. The van der Waals surface area contributed by atoms with E-state index >= 15 is 0 Å². The van der Waals surface area contributed by atoms with Crippen LogP contribution < -0.4 is 4.74 Å². The van der Waals surface area contributed by atoms with Gasteiger partial charge in [0.15, 0.2) is 0 Å². The Hall–Kier alpha value is -2.04. The Bertz CT molecular complexity index is 626. The fraction of sp³-hybridized carbons (Fsp3) is 0.600. The largest absolute Gasteiger partial charge is 0.496 e. The van der Waals surface area contributed by atoms with Crippen LogP contribution in [0, 0.1) is 0 Å². The number of carbonyl (C=O) groups is 2. The van der Waals surface area contributed by atoms with E-state index in [0.717, 1.165) is 11.3 Å². The first-order valence-corrected chi connectivity index (χ1v) is 8.99. The Balaban J connectivity index is 2.07. The van der Waals surface area contributed by atoms with E-state index < -0.39 is 0 Å². The van der Waals surface area contributed by atoms with Crippen LogP contribution >= 0.6 is 0 Å². The van der Waals surface area contributed by atoms with Gasteiger partial charge in [0, 0.05) is 38.2 Å². The highest BCUT2D eigenvalue weighted by molar-refractivity contribution is 5.80. The lowest BCUT2D eigenvalue weighted by molar-refractivity contribution is -0.139. The fourth-order valence-electron chi connectivity index (χ4n) is 3.09. The van der Waals surface area contributed by atoms with E-state index in [1.54, 1.807) is 7.11 Å². The zero-order chi connectivity index (χ0) is 18.6. The Morgan fingerprint density at radius 2 is 1.60 bits per heavy atom. The van der Waals surface area contributed by atoms with Crippen molar-refractivity contribution in [1.82, 2.24) is 9.80 Å². The molecule has 1 fully saturated rings. The van der Waals surface area contributed by atoms with Crippen molar-refractivity contribution in [2.45, 2.75) is 46.0 Å². The first-order valence-electron chi connectivity index (χ1n) is 8.99. The van der Waals surface area contributed by atoms with Gasteiger partial charge in [0.05, 0.1) is 13.5 Å². The van der Waals surface area contributed by atoms with Crippen molar-refractivity contribution in [3.05, 3.63) is 29.3 Å². The number of amides is 2. The minimum atomic E-state index is 0.0240. The van der Waals surface area contributed by atoms with Crippen LogP contribution in [-0.4, -0.2) is 54.9 Å². The number of nitrogens with zero attached hydrogens (tertiary/aromatic N) is 2. The van der Waals surface area contributed by atoms with Crippen LogP contribution in [0.5, 0.6) is 5.75 Å². The lowest BCUT2D eigenvalue weighted by Crippen LogP contribution is -2.50. The van der Waals surface area contributed by atoms with Gasteiger partial charge < -0.3 is 14.5 Å². The molecular weight excluding hydrogens is 316 g/mol. The van der Waals surface area contributed by atoms with E-state index in [-0.39, 0.29) is 17.2 Å². The summed E-state index contributed by atoms with van der Waals surface area (Å²) < 4.78 is 5.44. The molecule has 0 N–H and O–H groups in total. The predicted molar refractivity (Wildman–Crippen MR) is 98.8 cm³/mol. The van der Waals surface area contributed by atoms with Crippen LogP contribution in [0.3, 0.4) is 0 Å². The molecule has 2 amide bonds. The summed E-state index contributed by atoms with van der Waals surface area (Å²) in [5.74, 6) is 1.00. The average Bonchev–Trinajstić information content (AvgIpc) is 2.60. The smallest absolute Gasteiger partial charge is 0.227 e. The third kappa shape index (κ3) is 4.74. The summed E-state index contributed by atoms with van der Waals surface area (Å²) >= 11 is 0. The van der Waals surface area contributed by atoms with Crippen molar-refractivity contribution >= 4 is 11.8 Å². The second-order valence-corrected chi connectivity index (χ2v) is 7.57. The number of piperazine rings is 1. The van der Waals surface area contributed by atoms with Crippen LogP contribution in [-0.2, 0) is 21.4 Å². The van der Waals surface area contributed by atoms with Gasteiger partial charge in [-0.25, -0.2) is 0 Å². The summed E-state index contributed by atoms with van der Waals surface area (Å²) in [5, 5.41) is 0. The SMILES string of the molecule is CCC(=O)N1CCN(C(=O)Cc2cc(C(C)(C)C)ccc2OC)CC1. The summed E-state index contributed by atoms with van der Waals surface area (Å²) in [6.07, 6.45) is 0.847. The molecule has 0 spiro atoms. The van der Waals surface area contributed by atoms with Crippen molar-refractivity contribution in [2.24, 2.45) is 0 Å². The molecule has 5 nitrogen and oxygen atoms in total. The van der Waals surface area contributed by atoms with Gasteiger partial charge in [0.1, 0.15) is 5.75 Å². The maximum atomic E-state index is 12.7. The number of hydrogen-bond donors (Lipinski definition) is 0. The summed E-state index contributed by atoms with van der Waals surface area (Å²) in [7, 11) is 1.63. The van der Waals surface area contributed by atoms with Crippen molar-refractivity contribution in [3.8, 4) is 5.75 Å². The molecule has 1 saturated heterocycles. The lowest BCUT2D eigenvalue weighted by Gasteiger charge is -2.35. The maximum absolute atomic E-state index is 12.7. The summed E-state index contributed by atoms with van der Waals surface area (Å²) in [5.41, 5.74) is 2.14. The van der Waals surface area contributed by atoms with Crippen molar-refractivity contribution in [1.29, 1.82) is 0 Å². The molecule has 1 aromatic carbocycles. The molecule has 0 saturated carbocycles. The molecule has 0 aromatic heterocycles. The molecular formula is C20H30N2O3. The number of carbonyl (C=O) groups excluding carboxylic acids is 2. The van der Waals surface area contributed by atoms with Gasteiger partial charge in [0.25, 0.3) is 0 Å². The highest BCUT2D eigenvalue weighted by Gasteiger charge is 2.24. The Morgan fingerprint density at radius 1 is 1.04 bits per heavy atom. The normalized spacial score (nSPS) is 15.2. The average molecular weight is 346 g/mol. The molecule has 0 unspecified atom stereocenters. The van der Waals surface area contributed by atoms with Gasteiger partial charge in [-0.15, -0.1) is 0 Å². The fourth-order valence-corrected chi connectivity index (χ4v) is 3.09. The van der Waals surface area contributed by atoms with Crippen LogP contribution in [0.25, 0.3) is 0 Å². The molecule has 0 atom stereocenters. The minimum Gasteiger partial charge on any atom is -0.496 e. The van der Waals surface area contributed by atoms with Crippen molar-refractivity contribution in [3.63, 3.8) is 0 Å². The topological polar surface area (TPSA) is 49.9 Å². The zero-order valence-electron chi connectivity index (χ0n) is 16.1. The van der Waals surface area contributed by atoms with Gasteiger partial charge in [-0.2, -0.15) is 0 Å². The molecule has 0 aliphatic carbocycles. The van der Waals surface area contributed by atoms with E-state index in [2.05, 4.69) is 32.9 Å². The summed E-state index contributed by atoms with van der Waals surface area (Å²) in [6.45, 7) is 10.8. The molecule has 1 aliphatic heterocycles. The predicted octanol–water partition coefficient (Wildman–Crippen LogP) is 2.62. The molecule has 5 heteroatoms. The maximum Gasteiger partial charge on any atom is 0.227 e. The van der Waals surface area contributed by atoms with E-state index in [1.165, 1.54) is 5.56 Å². The Labute approximate surface area is 150 Å².